The first-order chi connectivity index (χ1) is 9.81. The molecule has 0 radical (unpaired) electrons. The second kappa shape index (κ2) is 7.46. The van der Waals surface area contributed by atoms with Gasteiger partial charge in [-0.05, 0) is 57.4 Å². The van der Waals surface area contributed by atoms with E-state index in [0.717, 1.165) is 23.3 Å². The Kier molecular flexibility index (Phi) is 6.21. The highest BCUT2D eigenvalue weighted by atomic mass is 16.5. The van der Waals surface area contributed by atoms with Crippen molar-refractivity contribution in [3.05, 3.63) is 28.8 Å². The van der Waals surface area contributed by atoms with E-state index in [2.05, 4.69) is 11.4 Å². The van der Waals surface area contributed by atoms with Gasteiger partial charge in [0.05, 0.1) is 6.61 Å². The summed E-state index contributed by atoms with van der Waals surface area (Å²) >= 11 is 0. The molecule has 1 unspecified atom stereocenters. The van der Waals surface area contributed by atoms with Gasteiger partial charge < -0.3 is 15.2 Å². The summed E-state index contributed by atoms with van der Waals surface area (Å²) in [5, 5.41) is 12.5. The van der Waals surface area contributed by atoms with Gasteiger partial charge in [0.1, 0.15) is 11.3 Å². The first-order valence-corrected chi connectivity index (χ1v) is 7.50. The fourth-order valence-corrected chi connectivity index (χ4v) is 2.18. The van der Waals surface area contributed by atoms with E-state index in [9.17, 15) is 9.90 Å². The lowest BCUT2D eigenvalue weighted by atomic mass is 9.98. The number of benzene rings is 1. The minimum Gasteiger partial charge on any atom is -0.493 e. The number of aliphatic carboxylic acids is 1. The van der Waals surface area contributed by atoms with Crippen LogP contribution in [0.4, 0.5) is 0 Å². The molecule has 0 fully saturated rings. The Labute approximate surface area is 127 Å². The lowest BCUT2D eigenvalue weighted by Crippen LogP contribution is -2.50. The van der Waals surface area contributed by atoms with E-state index in [1.54, 1.807) is 6.92 Å². The number of rotatable bonds is 8. The van der Waals surface area contributed by atoms with E-state index >= 15 is 0 Å². The van der Waals surface area contributed by atoms with Crippen molar-refractivity contribution in [1.82, 2.24) is 5.32 Å². The summed E-state index contributed by atoms with van der Waals surface area (Å²) in [4.78, 5) is 11.4. The summed E-state index contributed by atoms with van der Waals surface area (Å²) in [5.74, 6) is 0.0375. The summed E-state index contributed by atoms with van der Waals surface area (Å²) in [7, 11) is 0. The molecule has 0 aliphatic rings. The fraction of sp³-hybridized carbons (Fsp3) is 0.588. The second-order valence-corrected chi connectivity index (χ2v) is 5.82. The van der Waals surface area contributed by atoms with Gasteiger partial charge in [-0.25, -0.2) is 0 Å². The highest BCUT2D eigenvalue weighted by Crippen LogP contribution is 2.26. The standard InChI is InChI=1S/C17H27NO3/c1-6-10-18-17(5,16(19)20)9-11-21-15-13(3)8-7-12(2)14(15)4/h7-8,18H,6,9-11H2,1-5H3,(H,19,20). The molecule has 4 heteroatoms. The zero-order valence-corrected chi connectivity index (χ0v) is 13.7. The molecule has 4 nitrogen and oxygen atoms in total. The van der Waals surface area contributed by atoms with Crippen LogP contribution in [0.25, 0.3) is 0 Å². The molecule has 1 aromatic rings. The summed E-state index contributed by atoms with van der Waals surface area (Å²) in [6, 6.07) is 4.10. The van der Waals surface area contributed by atoms with Gasteiger partial charge in [-0.1, -0.05) is 19.1 Å². The van der Waals surface area contributed by atoms with E-state index in [1.165, 1.54) is 5.56 Å². The molecule has 0 spiro atoms. The third kappa shape index (κ3) is 4.46. The van der Waals surface area contributed by atoms with Crippen molar-refractivity contribution in [2.75, 3.05) is 13.2 Å². The number of hydrogen-bond acceptors (Lipinski definition) is 3. The Morgan fingerprint density at radius 1 is 1.29 bits per heavy atom. The summed E-state index contributed by atoms with van der Waals surface area (Å²) in [5.41, 5.74) is 2.44. The topological polar surface area (TPSA) is 58.6 Å². The largest absolute Gasteiger partial charge is 0.493 e. The number of nitrogens with one attached hydrogen (secondary N) is 1. The van der Waals surface area contributed by atoms with Gasteiger partial charge in [0.15, 0.2) is 0 Å². The van der Waals surface area contributed by atoms with Crippen LogP contribution in [0.15, 0.2) is 12.1 Å². The Morgan fingerprint density at radius 3 is 2.48 bits per heavy atom. The molecule has 2 N–H and O–H groups in total. The second-order valence-electron chi connectivity index (χ2n) is 5.82. The van der Waals surface area contributed by atoms with Crippen LogP contribution in [-0.2, 0) is 4.79 Å². The van der Waals surface area contributed by atoms with Gasteiger partial charge >= 0.3 is 5.97 Å². The predicted octanol–water partition coefficient (Wildman–Crippen LogP) is 3.22. The molecule has 0 heterocycles. The molecule has 0 aromatic heterocycles. The van der Waals surface area contributed by atoms with Crippen LogP contribution in [0.2, 0.25) is 0 Å². The molecular formula is C17H27NO3. The molecule has 0 aliphatic carbocycles. The van der Waals surface area contributed by atoms with E-state index in [4.69, 9.17) is 4.74 Å². The van der Waals surface area contributed by atoms with Gasteiger partial charge in [-0.2, -0.15) is 0 Å². The first kappa shape index (κ1) is 17.5. The third-order valence-electron chi connectivity index (χ3n) is 3.96. The monoisotopic (exact) mass is 293 g/mol. The van der Waals surface area contributed by atoms with Crippen LogP contribution in [0.5, 0.6) is 5.75 Å². The molecule has 0 amide bonds. The predicted molar refractivity (Wildman–Crippen MR) is 85.1 cm³/mol. The van der Waals surface area contributed by atoms with Gasteiger partial charge in [0, 0.05) is 6.42 Å². The zero-order valence-electron chi connectivity index (χ0n) is 13.7. The molecule has 1 aromatic carbocycles. The number of carboxylic acid groups (broad SMARTS) is 1. The molecule has 1 rings (SSSR count). The van der Waals surface area contributed by atoms with Crippen LogP contribution >= 0.6 is 0 Å². The SMILES string of the molecule is CCCNC(C)(CCOc1c(C)ccc(C)c1C)C(=O)O. The van der Waals surface area contributed by atoms with Crippen molar-refractivity contribution in [1.29, 1.82) is 0 Å². The van der Waals surface area contributed by atoms with Gasteiger partial charge in [0.2, 0.25) is 0 Å². The molecule has 0 bridgehead atoms. The highest BCUT2D eigenvalue weighted by Gasteiger charge is 2.32. The van der Waals surface area contributed by atoms with Crippen LogP contribution in [0.3, 0.4) is 0 Å². The lowest BCUT2D eigenvalue weighted by Gasteiger charge is -2.26. The molecule has 1 atom stereocenters. The number of carbonyl (C=O) groups is 1. The van der Waals surface area contributed by atoms with Crippen molar-refractivity contribution < 1.29 is 14.6 Å². The molecule has 21 heavy (non-hydrogen) atoms. The van der Waals surface area contributed by atoms with E-state index < -0.39 is 11.5 Å². The number of carboxylic acids is 1. The van der Waals surface area contributed by atoms with Gasteiger partial charge in [0.25, 0.3) is 0 Å². The van der Waals surface area contributed by atoms with Crippen molar-refractivity contribution in [2.24, 2.45) is 0 Å². The zero-order chi connectivity index (χ0) is 16.0. The maximum atomic E-state index is 11.4. The van der Waals surface area contributed by atoms with Crippen molar-refractivity contribution >= 4 is 5.97 Å². The van der Waals surface area contributed by atoms with Crippen LogP contribution in [0.1, 0.15) is 43.4 Å². The van der Waals surface area contributed by atoms with Crippen molar-refractivity contribution in [3.8, 4) is 5.75 Å². The third-order valence-corrected chi connectivity index (χ3v) is 3.96. The highest BCUT2D eigenvalue weighted by molar-refractivity contribution is 5.78. The maximum absolute atomic E-state index is 11.4. The van der Waals surface area contributed by atoms with E-state index in [1.807, 2.05) is 33.8 Å². The number of hydrogen-bond donors (Lipinski definition) is 2. The van der Waals surface area contributed by atoms with E-state index in [-0.39, 0.29) is 0 Å². The number of aryl methyl sites for hydroxylation is 2. The van der Waals surface area contributed by atoms with E-state index in [0.29, 0.717) is 19.6 Å². The summed E-state index contributed by atoms with van der Waals surface area (Å²) in [6.45, 7) is 10.9. The summed E-state index contributed by atoms with van der Waals surface area (Å²) < 4.78 is 5.87. The minimum absolute atomic E-state index is 0.380. The molecule has 0 saturated carbocycles. The van der Waals surface area contributed by atoms with Crippen LogP contribution < -0.4 is 10.1 Å². The Morgan fingerprint density at radius 2 is 1.90 bits per heavy atom. The first-order valence-electron chi connectivity index (χ1n) is 7.50. The Hall–Kier alpha value is -1.55. The normalized spacial score (nSPS) is 13.8. The van der Waals surface area contributed by atoms with Crippen molar-refractivity contribution in [3.63, 3.8) is 0 Å². The van der Waals surface area contributed by atoms with Crippen LogP contribution in [-0.4, -0.2) is 29.8 Å². The Bertz CT molecular complexity index is 499. The number of ether oxygens (including phenoxy) is 1. The average molecular weight is 293 g/mol. The summed E-state index contributed by atoms with van der Waals surface area (Å²) in [6.07, 6.45) is 1.33. The maximum Gasteiger partial charge on any atom is 0.323 e. The fourth-order valence-electron chi connectivity index (χ4n) is 2.18. The molecular weight excluding hydrogens is 266 g/mol. The van der Waals surface area contributed by atoms with Crippen molar-refractivity contribution in [2.45, 2.75) is 53.0 Å². The molecule has 0 aliphatic heterocycles. The van der Waals surface area contributed by atoms with Crippen LogP contribution in [0, 0.1) is 20.8 Å². The minimum atomic E-state index is -0.943. The molecule has 0 saturated heterocycles. The smallest absolute Gasteiger partial charge is 0.323 e. The average Bonchev–Trinajstić information content (AvgIpc) is 2.44. The molecule has 118 valence electrons. The lowest BCUT2D eigenvalue weighted by molar-refractivity contribution is -0.144. The van der Waals surface area contributed by atoms with Gasteiger partial charge in [-0.15, -0.1) is 0 Å². The van der Waals surface area contributed by atoms with Gasteiger partial charge in [-0.3, -0.25) is 4.79 Å². The quantitative estimate of drug-likeness (QED) is 0.772. The Balaban J connectivity index is 2.71.